The van der Waals surface area contributed by atoms with Gasteiger partial charge in [0.15, 0.2) is 0 Å². The molecule has 0 heterocycles. The Morgan fingerprint density at radius 2 is 1.85 bits per heavy atom. The fraction of sp³-hybridized carbons (Fsp3) is 0.783. The first-order chi connectivity index (χ1) is 12.6. The molecule has 0 aromatic rings. The third kappa shape index (κ3) is 6.90. The molecule has 26 heavy (non-hydrogen) atoms. The van der Waals surface area contributed by atoms with Crippen molar-refractivity contribution in [2.75, 3.05) is 0 Å². The summed E-state index contributed by atoms with van der Waals surface area (Å²) in [5, 5.41) is 19.2. The molecule has 0 radical (unpaired) electrons. The molecule has 1 fully saturated rings. The lowest BCUT2D eigenvalue weighted by atomic mass is 9.88. The van der Waals surface area contributed by atoms with E-state index in [4.69, 9.17) is 5.11 Å². The number of hydrogen-bond donors (Lipinski definition) is 2. The molecule has 0 aliphatic heterocycles. The van der Waals surface area contributed by atoms with Gasteiger partial charge >= 0.3 is 5.97 Å². The molecular formula is C23H38O3. The minimum atomic E-state index is -0.718. The van der Waals surface area contributed by atoms with E-state index in [0.717, 1.165) is 19.3 Å². The van der Waals surface area contributed by atoms with Gasteiger partial charge < -0.3 is 10.2 Å². The molecule has 2 aliphatic carbocycles. The predicted octanol–water partition coefficient (Wildman–Crippen LogP) is 5.88. The van der Waals surface area contributed by atoms with E-state index in [2.05, 4.69) is 25.2 Å². The lowest BCUT2D eigenvalue weighted by Crippen LogP contribution is -2.17. The first-order valence-corrected chi connectivity index (χ1v) is 10.9. The molecule has 0 aromatic carbocycles. The number of carbonyl (C=O) groups is 1. The number of aliphatic hydroxyl groups excluding tert-OH is 1. The smallest absolute Gasteiger partial charge is 0.303 e. The predicted molar refractivity (Wildman–Crippen MR) is 107 cm³/mol. The molecule has 148 valence electrons. The summed E-state index contributed by atoms with van der Waals surface area (Å²) in [6, 6.07) is 0. The normalized spacial score (nSPS) is 27.8. The topological polar surface area (TPSA) is 57.5 Å². The Hall–Kier alpha value is -1.09. The summed E-state index contributed by atoms with van der Waals surface area (Å²) >= 11 is 0. The summed E-state index contributed by atoms with van der Waals surface area (Å²) in [6.45, 7) is 2.26. The van der Waals surface area contributed by atoms with Crippen LogP contribution in [0.1, 0.15) is 90.4 Å². The summed E-state index contributed by atoms with van der Waals surface area (Å²) in [4.78, 5) is 10.8. The molecule has 4 atom stereocenters. The van der Waals surface area contributed by atoms with E-state index in [1.165, 1.54) is 56.9 Å². The zero-order valence-electron chi connectivity index (χ0n) is 16.5. The number of aliphatic hydroxyl groups is 1. The van der Waals surface area contributed by atoms with E-state index < -0.39 is 5.97 Å². The van der Waals surface area contributed by atoms with Crippen LogP contribution in [-0.2, 0) is 4.79 Å². The molecular weight excluding hydrogens is 324 g/mol. The highest BCUT2D eigenvalue weighted by Crippen LogP contribution is 2.48. The van der Waals surface area contributed by atoms with Crippen LogP contribution in [0.5, 0.6) is 0 Å². The van der Waals surface area contributed by atoms with E-state index in [9.17, 15) is 9.90 Å². The second-order valence-corrected chi connectivity index (χ2v) is 8.32. The van der Waals surface area contributed by atoms with Gasteiger partial charge in [0, 0.05) is 12.3 Å². The van der Waals surface area contributed by atoms with Crippen molar-refractivity contribution in [3.63, 3.8) is 0 Å². The summed E-state index contributed by atoms with van der Waals surface area (Å²) in [5.74, 6) is 0.479. The zero-order chi connectivity index (χ0) is 18.8. The first-order valence-electron chi connectivity index (χ1n) is 10.9. The van der Waals surface area contributed by atoms with Crippen LogP contribution in [0.25, 0.3) is 0 Å². The van der Waals surface area contributed by atoms with Crippen molar-refractivity contribution in [2.24, 2.45) is 17.8 Å². The Morgan fingerprint density at radius 3 is 2.54 bits per heavy atom. The van der Waals surface area contributed by atoms with E-state index in [-0.39, 0.29) is 18.4 Å². The van der Waals surface area contributed by atoms with Gasteiger partial charge in [-0.15, -0.1) is 0 Å². The second kappa shape index (κ2) is 11.6. The number of carboxylic acids is 1. The highest BCUT2D eigenvalue weighted by atomic mass is 16.4. The molecule has 0 aromatic heterocycles. The van der Waals surface area contributed by atoms with Crippen molar-refractivity contribution in [1.82, 2.24) is 0 Å². The molecule has 0 saturated heterocycles. The van der Waals surface area contributed by atoms with Gasteiger partial charge in [-0.2, -0.15) is 0 Å². The minimum absolute atomic E-state index is 0.225. The maximum atomic E-state index is 10.8. The van der Waals surface area contributed by atoms with E-state index >= 15 is 0 Å². The highest BCUT2D eigenvalue weighted by molar-refractivity contribution is 5.67. The van der Waals surface area contributed by atoms with Crippen molar-refractivity contribution in [3.05, 3.63) is 23.8 Å². The molecule has 2 aliphatic rings. The summed E-state index contributed by atoms with van der Waals surface area (Å²) in [6.07, 6.45) is 21.2. The molecule has 2 N–H and O–H groups in total. The fourth-order valence-corrected chi connectivity index (χ4v) is 4.71. The molecule has 0 spiro atoms. The lowest BCUT2D eigenvalue weighted by molar-refractivity contribution is -0.136. The Kier molecular flexibility index (Phi) is 9.45. The maximum Gasteiger partial charge on any atom is 0.303 e. The number of unbranched alkanes of at least 4 members (excludes halogenated alkanes) is 8. The van der Waals surface area contributed by atoms with Gasteiger partial charge in [-0.3, -0.25) is 4.79 Å². The van der Waals surface area contributed by atoms with Crippen LogP contribution in [0.15, 0.2) is 23.8 Å². The quantitative estimate of drug-likeness (QED) is 0.318. The van der Waals surface area contributed by atoms with Gasteiger partial charge in [0.1, 0.15) is 0 Å². The zero-order valence-corrected chi connectivity index (χ0v) is 16.5. The van der Waals surface area contributed by atoms with Gasteiger partial charge in [-0.1, -0.05) is 75.7 Å². The standard InChI is InChI=1S/C23H38O3/c1-2-3-4-5-6-7-8-9-10-11-12-20-21-16-18(13-14-23(25)26)15-19(21)17-22(20)24/h11-12,15,19-22,24H,2-10,13-14,16-17H2,1H3,(H,25,26)/b12-11+/t19-,20+,21-,22+/m0/s1. The summed E-state index contributed by atoms with van der Waals surface area (Å²) in [5.41, 5.74) is 1.29. The van der Waals surface area contributed by atoms with Gasteiger partial charge in [0.25, 0.3) is 0 Å². The number of hydrogen-bond acceptors (Lipinski definition) is 2. The second-order valence-electron chi connectivity index (χ2n) is 8.32. The fourth-order valence-electron chi connectivity index (χ4n) is 4.71. The molecule has 0 unspecified atom stereocenters. The molecule has 3 heteroatoms. The number of aliphatic carboxylic acids is 1. The van der Waals surface area contributed by atoms with Crippen LogP contribution in [0.4, 0.5) is 0 Å². The summed E-state index contributed by atoms with van der Waals surface area (Å²) in [7, 11) is 0. The lowest BCUT2D eigenvalue weighted by Gasteiger charge is -2.18. The molecule has 0 bridgehead atoms. The van der Waals surface area contributed by atoms with Crippen molar-refractivity contribution in [1.29, 1.82) is 0 Å². The Labute approximate surface area is 159 Å². The van der Waals surface area contributed by atoms with Crippen molar-refractivity contribution in [3.8, 4) is 0 Å². The van der Waals surface area contributed by atoms with Gasteiger partial charge in [0.05, 0.1) is 6.10 Å². The van der Waals surface area contributed by atoms with E-state index in [1.807, 2.05) is 0 Å². The highest BCUT2D eigenvalue weighted by Gasteiger charge is 2.43. The summed E-state index contributed by atoms with van der Waals surface area (Å²) < 4.78 is 0. The average molecular weight is 363 g/mol. The van der Waals surface area contributed by atoms with E-state index in [0.29, 0.717) is 18.3 Å². The number of carboxylic acid groups (broad SMARTS) is 1. The van der Waals surface area contributed by atoms with Crippen LogP contribution >= 0.6 is 0 Å². The van der Waals surface area contributed by atoms with Crippen LogP contribution in [0.3, 0.4) is 0 Å². The third-order valence-electron chi connectivity index (χ3n) is 6.19. The largest absolute Gasteiger partial charge is 0.481 e. The van der Waals surface area contributed by atoms with E-state index in [1.54, 1.807) is 0 Å². The molecule has 0 amide bonds. The van der Waals surface area contributed by atoms with Crippen LogP contribution in [-0.4, -0.2) is 22.3 Å². The van der Waals surface area contributed by atoms with Crippen molar-refractivity contribution in [2.45, 2.75) is 96.5 Å². The Balaban J connectivity index is 1.62. The number of rotatable bonds is 13. The monoisotopic (exact) mass is 362 g/mol. The average Bonchev–Trinajstić information content (AvgIpc) is 3.12. The van der Waals surface area contributed by atoms with Gasteiger partial charge in [-0.05, 0) is 43.9 Å². The Morgan fingerprint density at radius 1 is 1.15 bits per heavy atom. The van der Waals surface area contributed by atoms with Crippen LogP contribution in [0, 0.1) is 17.8 Å². The SMILES string of the molecule is CCCCCCCCCC/C=C/[C@@H]1[C@H]2CC(CCC(=O)O)=C[C@H]2C[C@H]1O. The van der Waals surface area contributed by atoms with Crippen molar-refractivity contribution < 1.29 is 15.0 Å². The third-order valence-corrected chi connectivity index (χ3v) is 6.19. The van der Waals surface area contributed by atoms with Gasteiger partial charge in [-0.25, -0.2) is 0 Å². The molecule has 3 nitrogen and oxygen atoms in total. The molecule has 1 saturated carbocycles. The maximum absolute atomic E-state index is 10.8. The Bertz CT molecular complexity index is 480. The molecule has 2 rings (SSSR count). The first kappa shape index (κ1) is 21.2. The number of allylic oxidation sites excluding steroid dienone is 3. The number of fused-ring (bicyclic) bond motifs is 1. The minimum Gasteiger partial charge on any atom is -0.481 e. The van der Waals surface area contributed by atoms with Crippen molar-refractivity contribution >= 4 is 5.97 Å². The van der Waals surface area contributed by atoms with Gasteiger partial charge in [0.2, 0.25) is 0 Å². The van der Waals surface area contributed by atoms with Crippen LogP contribution < -0.4 is 0 Å². The van der Waals surface area contributed by atoms with Crippen LogP contribution in [0.2, 0.25) is 0 Å².